The van der Waals surface area contributed by atoms with Crippen LogP contribution < -0.4 is 56.5 Å². The summed E-state index contributed by atoms with van der Waals surface area (Å²) >= 11 is 0. The molecule has 0 bridgehead atoms. The van der Waals surface area contributed by atoms with Crippen molar-refractivity contribution < 1.29 is 56.5 Å². The Bertz CT molecular complexity index is 29.3. The fourth-order valence-electron chi connectivity index (χ4n) is 0.407. The SMILES string of the molecule is CCC[C@@H](C)[O-].[K+]. The molecule has 7 heavy (non-hydrogen) atoms. The summed E-state index contributed by atoms with van der Waals surface area (Å²) < 4.78 is 0. The fourth-order valence-corrected chi connectivity index (χ4v) is 0.407. The van der Waals surface area contributed by atoms with E-state index < -0.39 is 0 Å². The van der Waals surface area contributed by atoms with Gasteiger partial charge in [-0.25, -0.2) is 0 Å². The van der Waals surface area contributed by atoms with Crippen molar-refractivity contribution in [2.75, 3.05) is 0 Å². The van der Waals surface area contributed by atoms with Crippen LogP contribution in [0, 0.1) is 0 Å². The van der Waals surface area contributed by atoms with Gasteiger partial charge < -0.3 is 5.11 Å². The normalized spacial score (nSPS) is 12.4. The van der Waals surface area contributed by atoms with Crippen molar-refractivity contribution in [1.29, 1.82) is 0 Å². The molecule has 1 nitrogen and oxygen atoms in total. The molecule has 0 fully saturated rings. The van der Waals surface area contributed by atoms with Gasteiger partial charge in [0, 0.05) is 0 Å². The minimum atomic E-state index is -0.352. The monoisotopic (exact) mass is 126 g/mol. The van der Waals surface area contributed by atoms with Crippen LogP contribution in [0.2, 0.25) is 0 Å². The van der Waals surface area contributed by atoms with Crippen molar-refractivity contribution in [2.24, 2.45) is 0 Å². The third kappa shape index (κ3) is 11.3. The van der Waals surface area contributed by atoms with Gasteiger partial charge in [-0.2, -0.15) is 0 Å². The maximum atomic E-state index is 10.1. The summed E-state index contributed by atoms with van der Waals surface area (Å²) in [7, 11) is 0. The van der Waals surface area contributed by atoms with Crippen LogP contribution in [0.1, 0.15) is 26.7 Å². The molecule has 0 radical (unpaired) electrons. The molecule has 0 aromatic rings. The van der Waals surface area contributed by atoms with E-state index >= 15 is 0 Å². The van der Waals surface area contributed by atoms with Gasteiger partial charge in [0.2, 0.25) is 0 Å². The van der Waals surface area contributed by atoms with Crippen LogP contribution in [0.3, 0.4) is 0 Å². The Morgan fingerprint density at radius 3 is 2.00 bits per heavy atom. The Hall–Kier alpha value is 1.60. The van der Waals surface area contributed by atoms with E-state index in [1.807, 2.05) is 6.92 Å². The van der Waals surface area contributed by atoms with Crippen LogP contribution in [0.5, 0.6) is 0 Å². The number of hydrogen-bond donors (Lipinski definition) is 0. The smallest absolute Gasteiger partial charge is 0.852 e. The largest absolute Gasteiger partial charge is 1.00 e. The molecule has 0 aromatic carbocycles. The third-order valence-corrected chi connectivity index (χ3v) is 0.695. The summed E-state index contributed by atoms with van der Waals surface area (Å²) in [5.41, 5.74) is 0. The molecule has 0 saturated heterocycles. The van der Waals surface area contributed by atoms with Crippen molar-refractivity contribution in [3.8, 4) is 0 Å². The fraction of sp³-hybridized carbons (Fsp3) is 1.00. The van der Waals surface area contributed by atoms with E-state index in [2.05, 4.69) is 0 Å². The molecule has 0 aromatic heterocycles. The minimum Gasteiger partial charge on any atom is -0.852 e. The molecule has 0 unspecified atom stereocenters. The zero-order valence-corrected chi connectivity index (χ0v) is 8.52. The molecule has 0 spiro atoms. The Morgan fingerprint density at radius 1 is 1.57 bits per heavy atom. The van der Waals surface area contributed by atoms with Gasteiger partial charge in [0.25, 0.3) is 0 Å². The quantitative estimate of drug-likeness (QED) is 0.376. The first kappa shape index (κ1) is 11.4. The molecule has 38 valence electrons. The van der Waals surface area contributed by atoms with Crippen molar-refractivity contribution in [2.45, 2.75) is 32.8 Å². The summed E-state index contributed by atoms with van der Waals surface area (Å²) in [6.07, 6.45) is 1.49. The molecule has 0 rings (SSSR count). The Balaban J connectivity index is 0. The molecule has 0 aliphatic heterocycles. The molecule has 1 atom stereocenters. The topological polar surface area (TPSA) is 23.1 Å². The van der Waals surface area contributed by atoms with Gasteiger partial charge in [-0.15, -0.1) is 6.10 Å². The zero-order valence-electron chi connectivity index (χ0n) is 5.40. The van der Waals surface area contributed by atoms with Gasteiger partial charge in [-0.1, -0.05) is 26.7 Å². The average Bonchev–Trinajstić information content (AvgIpc) is 1.35. The van der Waals surface area contributed by atoms with E-state index in [1.165, 1.54) is 0 Å². The number of hydrogen-bond acceptors (Lipinski definition) is 1. The summed E-state index contributed by atoms with van der Waals surface area (Å²) in [5, 5.41) is 10.1. The molecule has 0 aliphatic carbocycles. The summed E-state index contributed by atoms with van der Waals surface area (Å²) in [6.45, 7) is 3.72. The first-order valence-electron chi connectivity index (χ1n) is 2.43. The van der Waals surface area contributed by atoms with Gasteiger partial charge in [0.1, 0.15) is 0 Å². The van der Waals surface area contributed by atoms with Crippen molar-refractivity contribution in [3.63, 3.8) is 0 Å². The van der Waals surface area contributed by atoms with Gasteiger partial charge in [-0.3, -0.25) is 0 Å². The standard InChI is InChI=1S/C5H11O.K/c1-3-4-5(2)6;/h5H,3-4H2,1-2H3;/q-1;+1/t5-;/m1./s1. The zero-order chi connectivity index (χ0) is 4.99. The maximum absolute atomic E-state index is 10.1. The Kier molecular flexibility index (Phi) is 12.4. The summed E-state index contributed by atoms with van der Waals surface area (Å²) in [6, 6.07) is 0. The summed E-state index contributed by atoms with van der Waals surface area (Å²) in [4.78, 5) is 0. The molecule has 2 heteroatoms. The van der Waals surface area contributed by atoms with E-state index in [9.17, 15) is 5.11 Å². The van der Waals surface area contributed by atoms with Gasteiger partial charge >= 0.3 is 51.4 Å². The van der Waals surface area contributed by atoms with Crippen LogP contribution >= 0.6 is 0 Å². The second kappa shape index (κ2) is 7.60. The second-order valence-electron chi connectivity index (χ2n) is 1.60. The van der Waals surface area contributed by atoms with Crippen LogP contribution in [0.25, 0.3) is 0 Å². The predicted octanol–water partition coefficient (Wildman–Crippen LogP) is -2.46. The second-order valence-corrected chi connectivity index (χ2v) is 1.60. The third-order valence-electron chi connectivity index (χ3n) is 0.695. The van der Waals surface area contributed by atoms with Crippen molar-refractivity contribution in [1.82, 2.24) is 0 Å². The van der Waals surface area contributed by atoms with E-state index in [4.69, 9.17) is 0 Å². The molecule has 0 N–H and O–H groups in total. The Morgan fingerprint density at radius 2 is 2.00 bits per heavy atom. The van der Waals surface area contributed by atoms with Crippen molar-refractivity contribution in [3.05, 3.63) is 0 Å². The first-order chi connectivity index (χ1) is 2.77. The average molecular weight is 126 g/mol. The summed E-state index contributed by atoms with van der Waals surface area (Å²) in [5.74, 6) is 0. The van der Waals surface area contributed by atoms with Crippen LogP contribution in [-0.2, 0) is 0 Å². The van der Waals surface area contributed by atoms with E-state index in [0.29, 0.717) is 0 Å². The van der Waals surface area contributed by atoms with Gasteiger partial charge in [0.15, 0.2) is 0 Å². The maximum Gasteiger partial charge on any atom is 1.00 e. The molecule has 0 saturated carbocycles. The van der Waals surface area contributed by atoms with Crippen LogP contribution in [-0.4, -0.2) is 6.10 Å². The van der Waals surface area contributed by atoms with Gasteiger partial charge in [-0.05, 0) is 0 Å². The minimum absolute atomic E-state index is 0. The first-order valence-corrected chi connectivity index (χ1v) is 2.43. The predicted molar refractivity (Wildman–Crippen MR) is 24.4 cm³/mol. The molecule has 0 aliphatic rings. The van der Waals surface area contributed by atoms with Crippen LogP contribution in [0.4, 0.5) is 0 Å². The molecular weight excluding hydrogens is 115 g/mol. The molecule has 0 heterocycles. The van der Waals surface area contributed by atoms with E-state index in [1.54, 1.807) is 6.92 Å². The molecular formula is C5H11KO. The van der Waals surface area contributed by atoms with Gasteiger partial charge in [0.05, 0.1) is 0 Å². The van der Waals surface area contributed by atoms with E-state index in [-0.39, 0.29) is 57.5 Å². The molecule has 0 amide bonds. The van der Waals surface area contributed by atoms with Crippen LogP contribution in [0.15, 0.2) is 0 Å². The Labute approximate surface area is 87.9 Å². The van der Waals surface area contributed by atoms with Crippen molar-refractivity contribution >= 4 is 0 Å². The number of rotatable bonds is 2. The van der Waals surface area contributed by atoms with E-state index in [0.717, 1.165) is 12.8 Å².